The third-order valence-corrected chi connectivity index (χ3v) is 4.88. The van der Waals surface area contributed by atoms with Gasteiger partial charge >= 0.3 is 0 Å². The molecule has 28 heavy (non-hydrogen) atoms. The van der Waals surface area contributed by atoms with E-state index in [-0.39, 0.29) is 24.0 Å². The Hall–Kier alpha value is -3.31. The smallest absolute Gasteiger partial charge is 0.269 e. The van der Waals surface area contributed by atoms with E-state index < -0.39 is 10.2 Å². The molecule has 2 amide bonds. The predicted octanol–water partition coefficient (Wildman–Crippen LogP) is 3.15. The minimum atomic E-state index is -0.477. The molecular weight excluding hydrogens is 378 g/mol. The first-order chi connectivity index (χ1) is 13.3. The average Bonchev–Trinajstić information content (AvgIpc) is 2.67. The van der Waals surface area contributed by atoms with Crippen LogP contribution in [0.15, 0.2) is 53.4 Å². The van der Waals surface area contributed by atoms with E-state index >= 15 is 0 Å². The second kappa shape index (κ2) is 9.58. The number of rotatable bonds is 7. The fourth-order valence-electron chi connectivity index (χ4n) is 2.39. The van der Waals surface area contributed by atoms with Gasteiger partial charge in [0.1, 0.15) is 0 Å². The highest BCUT2D eigenvalue weighted by molar-refractivity contribution is 8.00. The summed E-state index contributed by atoms with van der Waals surface area (Å²) >= 11 is 1.27. The van der Waals surface area contributed by atoms with Gasteiger partial charge in [0.2, 0.25) is 11.8 Å². The maximum atomic E-state index is 12.5. The van der Waals surface area contributed by atoms with Crippen molar-refractivity contribution in [3.8, 4) is 12.3 Å². The molecule has 1 unspecified atom stereocenters. The highest BCUT2D eigenvalue weighted by atomic mass is 32.2. The van der Waals surface area contributed by atoms with Crippen molar-refractivity contribution >= 4 is 35.0 Å². The monoisotopic (exact) mass is 397 g/mol. The molecule has 144 valence electrons. The number of carbonyl (C=O) groups is 2. The third kappa shape index (κ3) is 5.86. The summed E-state index contributed by atoms with van der Waals surface area (Å²) in [7, 11) is 1.55. The highest BCUT2D eigenvalue weighted by Gasteiger charge is 2.21. The van der Waals surface area contributed by atoms with Gasteiger partial charge in [-0.1, -0.05) is 12.0 Å². The fraction of sp³-hybridized carbons (Fsp3) is 0.200. The number of hydrogen-bond donors (Lipinski definition) is 1. The second-order valence-electron chi connectivity index (χ2n) is 5.98. The van der Waals surface area contributed by atoms with Crippen molar-refractivity contribution < 1.29 is 14.5 Å². The Balaban J connectivity index is 1.90. The third-order valence-electron chi connectivity index (χ3n) is 3.78. The molecule has 2 aromatic rings. The molecule has 0 aromatic heterocycles. The predicted molar refractivity (Wildman–Crippen MR) is 109 cm³/mol. The molecule has 8 heteroatoms. The first-order valence-corrected chi connectivity index (χ1v) is 9.20. The molecule has 0 aliphatic heterocycles. The topological polar surface area (TPSA) is 92.6 Å². The lowest BCUT2D eigenvalue weighted by atomic mass is 10.2. The zero-order valence-electron chi connectivity index (χ0n) is 15.4. The maximum Gasteiger partial charge on any atom is 0.269 e. The minimum absolute atomic E-state index is 0.00831. The van der Waals surface area contributed by atoms with E-state index in [9.17, 15) is 19.7 Å². The number of hydrogen-bond acceptors (Lipinski definition) is 5. The van der Waals surface area contributed by atoms with Crippen molar-refractivity contribution in [1.29, 1.82) is 0 Å². The van der Waals surface area contributed by atoms with E-state index in [2.05, 4.69) is 11.2 Å². The number of nitro groups is 1. The normalized spacial score (nSPS) is 11.2. The number of likely N-dealkylation sites (N-methyl/N-ethyl adjacent to an activating group) is 1. The largest absolute Gasteiger partial charge is 0.335 e. The molecule has 2 aromatic carbocycles. The van der Waals surface area contributed by atoms with E-state index in [1.807, 2.05) is 0 Å². The van der Waals surface area contributed by atoms with E-state index in [4.69, 9.17) is 6.42 Å². The van der Waals surface area contributed by atoms with Crippen molar-refractivity contribution in [2.24, 2.45) is 0 Å². The van der Waals surface area contributed by atoms with Crippen LogP contribution in [-0.2, 0) is 9.59 Å². The molecule has 0 spiro atoms. The van der Waals surface area contributed by atoms with Crippen LogP contribution in [0.2, 0.25) is 0 Å². The zero-order valence-corrected chi connectivity index (χ0v) is 16.2. The Morgan fingerprint density at radius 3 is 2.57 bits per heavy atom. The van der Waals surface area contributed by atoms with Crippen LogP contribution in [0.4, 0.5) is 11.4 Å². The molecule has 0 saturated carbocycles. The van der Waals surface area contributed by atoms with Crippen molar-refractivity contribution in [3.63, 3.8) is 0 Å². The van der Waals surface area contributed by atoms with Gasteiger partial charge in [-0.15, -0.1) is 18.2 Å². The molecule has 7 nitrogen and oxygen atoms in total. The lowest BCUT2D eigenvalue weighted by Crippen LogP contribution is -2.38. The Labute approximate surface area is 167 Å². The van der Waals surface area contributed by atoms with Crippen LogP contribution >= 0.6 is 11.8 Å². The molecule has 0 bridgehead atoms. The molecule has 1 N–H and O–H groups in total. The molecule has 0 fully saturated rings. The summed E-state index contributed by atoms with van der Waals surface area (Å²) in [5, 5.41) is 12.9. The molecule has 0 aliphatic carbocycles. The van der Waals surface area contributed by atoms with Crippen molar-refractivity contribution in [2.75, 3.05) is 18.9 Å². The summed E-state index contributed by atoms with van der Waals surface area (Å²) in [6.07, 6.45) is 5.34. The van der Waals surface area contributed by atoms with Gasteiger partial charge in [-0.25, -0.2) is 0 Å². The Morgan fingerprint density at radius 2 is 1.96 bits per heavy atom. The average molecular weight is 397 g/mol. The van der Waals surface area contributed by atoms with E-state index in [1.54, 1.807) is 50.4 Å². The molecule has 0 saturated heterocycles. The first kappa shape index (κ1) is 21.0. The molecule has 0 aliphatic rings. The van der Waals surface area contributed by atoms with Gasteiger partial charge in [-0.2, -0.15) is 0 Å². The van der Waals surface area contributed by atoms with Gasteiger partial charge in [-0.05, 0) is 37.3 Å². The first-order valence-electron chi connectivity index (χ1n) is 8.32. The lowest BCUT2D eigenvalue weighted by Gasteiger charge is -2.20. The van der Waals surface area contributed by atoms with Crippen molar-refractivity contribution in [3.05, 3.63) is 64.2 Å². The van der Waals surface area contributed by atoms with E-state index in [0.717, 1.165) is 4.90 Å². The molecule has 0 heterocycles. The van der Waals surface area contributed by atoms with Gasteiger partial charge in [0.05, 0.1) is 16.7 Å². The highest BCUT2D eigenvalue weighted by Crippen LogP contribution is 2.26. The zero-order chi connectivity index (χ0) is 20.7. The SMILES string of the molecule is C#Cc1cccc(NC(=O)CN(C)C(=O)C(C)Sc2ccc([N+](=O)[O-])cc2)c1. The van der Waals surface area contributed by atoms with Crippen molar-refractivity contribution in [1.82, 2.24) is 4.90 Å². The maximum absolute atomic E-state index is 12.5. The Morgan fingerprint density at radius 1 is 1.29 bits per heavy atom. The number of non-ortho nitro benzene ring substituents is 1. The Bertz CT molecular complexity index is 922. The van der Waals surface area contributed by atoms with Gasteiger partial charge in [0, 0.05) is 35.3 Å². The van der Waals surface area contributed by atoms with E-state index in [1.165, 1.54) is 28.8 Å². The number of nitro benzene ring substituents is 1. The summed E-state index contributed by atoms with van der Waals surface area (Å²) < 4.78 is 0. The van der Waals surface area contributed by atoms with Gasteiger partial charge < -0.3 is 10.2 Å². The molecule has 0 radical (unpaired) electrons. The lowest BCUT2D eigenvalue weighted by molar-refractivity contribution is -0.384. The number of benzene rings is 2. The van der Waals surface area contributed by atoms with Crippen LogP contribution in [0, 0.1) is 22.5 Å². The standard InChI is InChI=1S/C20H19N3O4S/c1-4-15-6-5-7-16(12-15)21-19(24)13-22(3)20(25)14(2)28-18-10-8-17(9-11-18)23(26)27/h1,5-12,14H,13H2,2-3H3,(H,21,24). The Kier molecular flexibility index (Phi) is 7.18. The number of amides is 2. The fourth-order valence-corrected chi connectivity index (χ4v) is 3.37. The minimum Gasteiger partial charge on any atom is -0.335 e. The molecular formula is C20H19N3O4S. The summed E-state index contributed by atoms with van der Waals surface area (Å²) in [5.41, 5.74) is 1.20. The van der Waals surface area contributed by atoms with Crippen LogP contribution in [0.1, 0.15) is 12.5 Å². The quantitative estimate of drug-likeness (QED) is 0.335. The van der Waals surface area contributed by atoms with Gasteiger partial charge in [0.15, 0.2) is 0 Å². The summed E-state index contributed by atoms with van der Waals surface area (Å²) in [6.45, 7) is 1.61. The molecule has 1 atom stereocenters. The van der Waals surface area contributed by atoms with Gasteiger partial charge in [-0.3, -0.25) is 19.7 Å². The van der Waals surface area contributed by atoms with E-state index in [0.29, 0.717) is 11.3 Å². The van der Waals surface area contributed by atoms with Gasteiger partial charge in [0.25, 0.3) is 5.69 Å². The number of nitrogens with zero attached hydrogens (tertiary/aromatic N) is 2. The number of thioether (sulfide) groups is 1. The number of carbonyl (C=O) groups excluding carboxylic acids is 2. The van der Waals surface area contributed by atoms with Crippen LogP contribution in [0.5, 0.6) is 0 Å². The van der Waals surface area contributed by atoms with Crippen LogP contribution in [-0.4, -0.2) is 40.5 Å². The van der Waals surface area contributed by atoms with Crippen molar-refractivity contribution in [2.45, 2.75) is 17.1 Å². The molecule has 2 rings (SSSR count). The van der Waals surface area contributed by atoms with Crippen LogP contribution in [0.3, 0.4) is 0 Å². The van der Waals surface area contributed by atoms with Crippen LogP contribution in [0.25, 0.3) is 0 Å². The van der Waals surface area contributed by atoms with Crippen LogP contribution < -0.4 is 5.32 Å². The summed E-state index contributed by atoms with van der Waals surface area (Å²) in [4.78, 5) is 37.0. The number of nitrogens with one attached hydrogen (secondary N) is 1. The number of anilines is 1. The second-order valence-corrected chi connectivity index (χ2v) is 7.39. The summed E-state index contributed by atoms with van der Waals surface area (Å²) in [6, 6.07) is 12.9. The number of terminal acetylenes is 1. The summed E-state index contributed by atoms with van der Waals surface area (Å²) in [5.74, 6) is 1.93.